The van der Waals surface area contributed by atoms with Crippen molar-refractivity contribution in [1.82, 2.24) is 15.2 Å². The highest BCUT2D eigenvalue weighted by Gasteiger charge is 2.31. The summed E-state index contributed by atoms with van der Waals surface area (Å²) < 4.78 is 45.1. The summed E-state index contributed by atoms with van der Waals surface area (Å²) in [4.78, 5) is 30.9. The number of amides is 2. The van der Waals surface area contributed by atoms with Gasteiger partial charge in [0.25, 0.3) is 5.91 Å². The van der Waals surface area contributed by atoms with Crippen LogP contribution in [0, 0.1) is 0 Å². The van der Waals surface area contributed by atoms with Crippen molar-refractivity contribution >= 4 is 29.3 Å². The van der Waals surface area contributed by atoms with Crippen LogP contribution in [0.25, 0.3) is 29.0 Å². The number of hydrogen-bond acceptors (Lipinski definition) is 6. The first-order chi connectivity index (χ1) is 20.2. The summed E-state index contributed by atoms with van der Waals surface area (Å²) >= 11 is 0. The van der Waals surface area contributed by atoms with Gasteiger partial charge in [0.05, 0.1) is 16.8 Å². The topological polar surface area (TPSA) is 101 Å². The minimum atomic E-state index is -4.56. The van der Waals surface area contributed by atoms with Gasteiger partial charge in [-0.2, -0.15) is 13.2 Å². The molecule has 11 heteroatoms. The number of carbonyl (C=O) groups excluding carboxylic acids is 2. The van der Waals surface area contributed by atoms with Gasteiger partial charge >= 0.3 is 6.18 Å². The Morgan fingerprint density at radius 2 is 1.62 bits per heavy atom. The third-order valence-corrected chi connectivity index (χ3v) is 6.19. The van der Waals surface area contributed by atoms with Crippen LogP contribution in [0.5, 0.6) is 0 Å². The van der Waals surface area contributed by atoms with Crippen LogP contribution < -0.4 is 10.2 Å². The quantitative estimate of drug-likeness (QED) is 0.218. The number of alkyl halides is 3. The van der Waals surface area contributed by atoms with Crippen molar-refractivity contribution in [2.75, 3.05) is 17.3 Å². The van der Waals surface area contributed by atoms with E-state index in [9.17, 15) is 22.8 Å². The summed E-state index contributed by atoms with van der Waals surface area (Å²) in [6.45, 7) is 0. The molecule has 8 nitrogen and oxygen atoms in total. The van der Waals surface area contributed by atoms with Crippen molar-refractivity contribution in [2.24, 2.45) is 0 Å². The van der Waals surface area contributed by atoms with Crippen molar-refractivity contribution in [3.63, 3.8) is 0 Å². The van der Waals surface area contributed by atoms with E-state index in [1.165, 1.54) is 30.2 Å². The highest BCUT2D eigenvalue weighted by Crippen LogP contribution is 2.31. The molecule has 0 aliphatic heterocycles. The lowest BCUT2D eigenvalue weighted by Gasteiger charge is -2.18. The van der Waals surface area contributed by atoms with Crippen molar-refractivity contribution in [3.8, 4) is 22.9 Å². The summed E-state index contributed by atoms with van der Waals surface area (Å²) in [6.07, 6.45) is 1.54. The Morgan fingerprint density at radius 3 is 2.40 bits per heavy atom. The van der Waals surface area contributed by atoms with Crippen LogP contribution in [-0.4, -0.2) is 34.0 Å². The van der Waals surface area contributed by atoms with E-state index >= 15 is 0 Å². The van der Waals surface area contributed by atoms with Gasteiger partial charge in [0.1, 0.15) is 0 Å². The molecule has 0 fully saturated rings. The second-order valence-electron chi connectivity index (χ2n) is 9.05. The minimum Gasteiger partial charge on any atom is -0.416 e. The van der Waals surface area contributed by atoms with Gasteiger partial charge in [0.15, 0.2) is 0 Å². The van der Waals surface area contributed by atoms with Crippen LogP contribution in [0.4, 0.5) is 24.5 Å². The number of halogens is 3. The third-order valence-electron chi connectivity index (χ3n) is 6.19. The fraction of sp³-hybridized carbons (Fsp3) is 0.0645. The standard InChI is InChI=1S/C31H22F3N5O3/c1-39(30(41)22-7-5-8-23(19-22)31(32,33)34)24-9-4-6-20(18-24)12-13-27(40)36-26-11-3-2-10-25(26)29-38-37-28(42-29)21-14-16-35-17-15-21/h2-19H,1H3,(H,36,40). The first-order valence-corrected chi connectivity index (χ1v) is 12.6. The number of nitrogens with zero attached hydrogens (tertiary/aromatic N) is 4. The van der Waals surface area contributed by atoms with Crippen LogP contribution in [0.3, 0.4) is 0 Å². The Morgan fingerprint density at radius 1 is 0.881 bits per heavy atom. The summed E-state index contributed by atoms with van der Waals surface area (Å²) in [6, 6.07) is 21.4. The third kappa shape index (κ3) is 6.41. The molecule has 0 bridgehead atoms. The number of pyridine rings is 1. The smallest absolute Gasteiger partial charge is 0.416 e. The molecule has 2 aromatic heterocycles. The molecular weight excluding hydrogens is 547 g/mol. The molecule has 0 saturated heterocycles. The summed E-state index contributed by atoms with van der Waals surface area (Å²) in [5.41, 5.74) is 1.73. The molecule has 0 aliphatic carbocycles. The molecule has 210 valence electrons. The van der Waals surface area contributed by atoms with Gasteiger partial charge in [-0.1, -0.05) is 30.3 Å². The van der Waals surface area contributed by atoms with Crippen LogP contribution >= 0.6 is 0 Å². The van der Waals surface area contributed by atoms with Crippen molar-refractivity contribution in [3.05, 3.63) is 120 Å². The normalized spacial score (nSPS) is 11.4. The zero-order valence-corrected chi connectivity index (χ0v) is 22.0. The molecular formula is C31H22F3N5O3. The van der Waals surface area contributed by atoms with E-state index in [1.54, 1.807) is 79.1 Å². The molecule has 0 unspecified atom stereocenters. The van der Waals surface area contributed by atoms with Gasteiger partial charge in [0, 0.05) is 42.3 Å². The Balaban J connectivity index is 1.29. The van der Waals surface area contributed by atoms with Crippen LogP contribution in [0.1, 0.15) is 21.5 Å². The van der Waals surface area contributed by atoms with Gasteiger partial charge in [-0.25, -0.2) is 0 Å². The zero-order valence-electron chi connectivity index (χ0n) is 22.0. The lowest BCUT2D eigenvalue weighted by Crippen LogP contribution is -2.26. The zero-order chi connectivity index (χ0) is 29.7. The average molecular weight is 570 g/mol. The molecule has 0 spiro atoms. The van der Waals surface area contributed by atoms with Crippen LogP contribution in [-0.2, 0) is 11.0 Å². The number of benzene rings is 3. The van der Waals surface area contributed by atoms with Crippen molar-refractivity contribution in [1.29, 1.82) is 0 Å². The van der Waals surface area contributed by atoms with Gasteiger partial charge < -0.3 is 14.6 Å². The summed E-state index contributed by atoms with van der Waals surface area (Å²) in [5, 5.41) is 11.0. The Hall–Kier alpha value is -5.58. The molecule has 0 radical (unpaired) electrons. The van der Waals surface area contributed by atoms with E-state index in [4.69, 9.17) is 4.42 Å². The highest BCUT2D eigenvalue weighted by molar-refractivity contribution is 6.06. The predicted octanol–water partition coefficient (Wildman–Crippen LogP) is 6.75. The Kier molecular flexibility index (Phi) is 7.91. The number of anilines is 2. The molecule has 5 rings (SSSR count). The van der Waals surface area contributed by atoms with Gasteiger partial charge in [-0.3, -0.25) is 14.6 Å². The molecule has 5 aromatic rings. The maximum atomic E-state index is 13.1. The lowest BCUT2D eigenvalue weighted by atomic mass is 10.1. The molecule has 2 amide bonds. The van der Waals surface area contributed by atoms with E-state index in [1.807, 2.05) is 0 Å². The second kappa shape index (κ2) is 11.9. The predicted molar refractivity (Wildman–Crippen MR) is 151 cm³/mol. The van der Waals surface area contributed by atoms with E-state index < -0.39 is 23.6 Å². The van der Waals surface area contributed by atoms with E-state index in [0.29, 0.717) is 34.0 Å². The Bertz CT molecular complexity index is 1770. The fourth-order valence-electron chi connectivity index (χ4n) is 4.04. The molecule has 1 N–H and O–H groups in total. The van der Waals surface area contributed by atoms with Crippen LogP contribution in [0.15, 0.2) is 108 Å². The number of nitrogens with one attached hydrogen (secondary N) is 1. The minimum absolute atomic E-state index is 0.0968. The van der Waals surface area contributed by atoms with Crippen molar-refractivity contribution < 1.29 is 27.2 Å². The summed E-state index contributed by atoms with van der Waals surface area (Å²) in [7, 11) is 1.46. The highest BCUT2D eigenvalue weighted by atomic mass is 19.4. The maximum Gasteiger partial charge on any atom is 0.416 e. The average Bonchev–Trinajstić information content (AvgIpc) is 3.50. The van der Waals surface area contributed by atoms with Crippen molar-refractivity contribution in [2.45, 2.75) is 6.18 Å². The maximum absolute atomic E-state index is 13.1. The van der Waals surface area contributed by atoms with E-state index in [-0.39, 0.29) is 11.5 Å². The number of para-hydroxylation sites is 1. The lowest BCUT2D eigenvalue weighted by molar-refractivity contribution is -0.137. The largest absolute Gasteiger partial charge is 0.416 e. The SMILES string of the molecule is CN(C(=O)c1cccc(C(F)(F)F)c1)c1cccc(C=CC(=O)Nc2ccccc2-c2nnc(-c3ccncc3)o2)c1. The fourth-order valence-corrected chi connectivity index (χ4v) is 4.04. The van der Waals surface area contributed by atoms with E-state index in [2.05, 4.69) is 20.5 Å². The number of rotatable bonds is 7. The first-order valence-electron chi connectivity index (χ1n) is 12.6. The van der Waals surface area contributed by atoms with E-state index in [0.717, 1.165) is 12.1 Å². The Labute approximate surface area is 238 Å². The van der Waals surface area contributed by atoms with Gasteiger partial charge in [-0.15, -0.1) is 10.2 Å². The van der Waals surface area contributed by atoms with Gasteiger partial charge in [0.2, 0.25) is 17.7 Å². The number of hydrogen-bond donors (Lipinski definition) is 1. The monoisotopic (exact) mass is 569 g/mol. The summed E-state index contributed by atoms with van der Waals surface area (Å²) in [5.74, 6) is -0.507. The number of aromatic nitrogens is 3. The molecule has 0 aliphatic rings. The van der Waals surface area contributed by atoms with Crippen LogP contribution in [0.2, 0.25) is 0 Å². The molecule has 42 heavy (non-hydrogen) atoms. The molecule has 0 atom stereocenters. The van der Waals surface area contributed by atoms with Gasteiger partial charge in [-0.05, 0) is 66.2 Å². The first kappa shape index (κ1) is 28.0. The molecule has 2 heterocycles. The molecule has 0 saturated carbocycles. The number of carbonyl (C=O) groups is 2. The molecule has 3 aromatic carbocycles. The second-order valence-corrected chi connectivity index (χ2v) is 9.05.